The lowest BCUT2D eigenvalue weighted by Crippen LogP contribution is -2.44. The fourth-order valence-electron chi connectivity index (χ4n) is 4.02. The molecule has 31 heavy (non-hydrogen) atoms. The molecule has 1 saturated heterocycles. The molecule has 3 nitrogen and oxygen atoms in total. The molecular formula is C27H27N3S. The second kappa shape index (κ2) is 8.78. The van der Waals surface area contributed by atoms with Crippen LogP contribution in [0.15, 0.2) is 102 Å². The summed E-state index contributed by atoms with van der Waals surface area (Å²) in [4.78, 5) is 1.98. The van der Waals surface area contributed by atoms with Crippen LogP contribution in [0.4, 0.5) is 11.4 Å². The molecule has 2 aromatic rings. The van der Waals surface area contributed by atoms with E-state index in [2.05, 4.69) is 74.0 Å². The van der Waals surface area contributed by atoms with Gasteiger partial charge in [-0.25, -0.2) is 0 Å². The summed E-state index contributed by atoms with van der Waals surface area (Å²) in [5.41, 5.74) is 15.3. The lowest BCUT2D eigenvalue weighted by molar-refractivity contribution is 0.921. The zero-order valence-corrected chi connectivity index (χ0v) is 18.6. The molecule has 1 fully saturated rings. The number of nitrogens with one attached hydrogen (secondary N) is 1. The van der Waals surface area contributed by atoms with Crippen LogP contribution >= 0.6 is 12.2 Å². The average molecular weight is 426 g/mol. The molecule has 0 amide bonds. The van der Waals surface area contributed by atoms with Gasteiger partial charge in [-0.3, -0.25) is 4.90 Å². The molecule has 0 spiro atoms. The van der Waals surface area contributed by atoms with Crippen molar-refractivity contribution < 1.29 is 0 Å². The minimum Gasteiger partial charge on any atom is -0.398 e. The first-order chi connectivity index (χ1) is 15.0. The maximum absolute atomic E-state index is 6.16. The number of rotatable bonds is 5. The number of nitrogen functional groups attached to an aromatic ring is 1. The van der Waals surface area contributed by atoms with Crippen molar-refractivity contribution in [1.29, 1.82) is 0 Å². The van der Waals surface area contributed by atoms with Crippen LogP contribution in [0.5, 0.6) is 0 Å². The van der Waals surface area contributed by atoms with Crippen molar-refractivity contribution in [3.63, 3.8) is 0 Å². The van der Waals surface area contributed by atoms with E-state index in [4.69, 9.17) is 18.0 Å². The number of hydrogen-bond donors (Lipinski definition) is 2. The van der Waals surface area contributed by atoms with Crippen molar-refractivity contribution in [1.82, 2.24) is 5.32 Å². The molecule has 0 aromatic heterocycles. The van der Waals surface area contributed by atoms with Gasteiger partial charge in [0.1, 0.15) is 0 Å². The number of benzene rings is 2. The van der Waals surface area contributed by atoms with Gasteiger partial charge in [0.15, 0.2) is 5.11 Å². The second-order valence-electron chi connectivity index (χ2n) is 7.86. The van der Waals surface area contributed by atoms with E-state index in [0.29, 0.717) is 5.11 Å². The lowest BCUT2D eigenvalue weighted by Gasteiger charge is -2.35. The fourth-order valence-corrected chi connectivity index (χ4v) is 4.36. The molecule has 3 N–H and O–H groups in total. The normalized spacial score (nSPS) is 17.6. The monoisotopic (exact) mass is 425 g/mol. The summed E-state index contributed by atoms with van der Waals surface area (Å²) in [6.45, 7) is 10.7. The van der Waals surface area contributed by atoms with Crippen LogP contribution in [-0.4, -0.2) is 5.11 Å². The molecule has 0 saturated carbocycles. The van der Waals surface area contributed by atoms with Crippen molar-refractivity contribution in [3.05, 3.63) is 114 Å². The van der Waals surface area contributed by atoms with E-state index in [1.165, 1.54) is 16.7 Å². The predicted molar refractivity (Wildman–Crippen MR) is 137 cm³/mol. The first-order valence-electron chi connectivity index (χ1n) is 10.5. The van der Waals surface area contributed by atoms with Gasteiger partial charge in [0.05, 0.1) is 5.70 Å². The van der Waals surface area contributed by atoms with Crippen molar-refractivity contribution in [2.45, 2.75) is 26.2 Å². The zero-order valence-electron chi connectivity index (χ0n) is 17.8. The number of nitrogens with two attached hydrogens (primary N) is 1. The van der Waals surface area contributed by atoms with Crippen LogP contribution in [0, 0.1) is 0 Å². The fraction of sp³-hybridized carbons (Fsp3) is 0.148. The van der Waals surface area contributed by atoms with Crippen LogP contribution in [0.1, 0.15) is 30.9 Å². The topological polar surface area (TPSA) is 41.3 Å². The third-order valence-corrected chi connectivity index (χ3v) is 5.91. The highest BCUT2D eigenvalue weighted by atomic mass is 32.1. The Morgan fingerprint density at radius 2 is 1.84 bits per heavy atom. The summed E-state index contributed by atoms with van der Waals surface area (Å²) in [7, 11) is 0. The molecule has 1 heterocycles. The number of hydrogen-bond acceptors (Lipinski definition) is 2. The minimum absolute atomic E-state index is 0.590. The second-order valence-corrected chi connectivity index (χ2v) is 8.25. The van der Waals surface area contributed by atoms with Crippen molar-refractivity contribution in [3.8, 4) is 0 Å². The third kappa shape index (κ3) is 4.25. The first-order valence-corrected chi connectivity index (χ1v) is 10.9. The molecule has 2 aliphatic rings. The van der Waals surface area contributed by atoms with Crippen LogP contribution < -0.4 is 16.0 Å². The van der Waals surface area contributed by atoms with E-state index in [1.807, 2.05) is 23.1 Å². The van der Waals surface area contributed by atoms with E-state index >= 15 is 0 Å². The van der Waals surface area contributed by atoms with E-state index in [0.717, 1.165) is 53.2 Å². The minimum atomic E-state index is 0.590. The van der Waals surface area contributed by atoms with Gasteiger partial charge in [-0.05, 0) is 66.0 Å². The number of anilines is 2. The Morgan fingerprint density at radius 3 is 2.55 bits per heavy atom. The Balaban J connectivity index is 1.56. The highest BCUT2D eigenvalue weighted by Gasteiger charge is 2.27. The van der Waals surface area contributed by atoms with Gasteiger partial charge in [0.2, 0.25) is 0 Å². The Bertz CT molecular complexity index is 1150. The number of nitrogens with zero attached hydrogens (tertiary/aromatic N) is 1. The van der Waals surface area contributed by atoms with E-state index in [9.17, 15) is 0 Å². The van der Waals surface area contributed by atoms with Crippen LogP contribution in [0.2, 0.25) is 0 Å². The summed E-state index contributed by atoms with van der Waals surface area (Å²) in [6.07, 6.45) is 9.42. The van der Waals surface area contributed by atoms with Crippen LogP contribution in [0.25, 0.3) is 5.57 Å². The van der Waals surface area contributed by atoms with Gasteiger partial charge < -0.3 is 11.1 Å². The first kappa shape index (κ1) is 20.9. The lowest BCUT2D eigenvalue weighted by atomic mass is 9.98. The van der Waals surface area contributed by atoms with E-state index in [-0.39, 0.29) is 0 Å². The number of aryl methyl sites for hydroxylation is 1. The maximum atomic E-state index is 6.16. The van der Waals surface area contributed by atoms with Crippen molar-refractivity contribution >= 4 is 34.3 Å². The Labute approximate surface area is 190 Å². The largest absolute Gasteiger partial charge is 0.398 e. The molecule has 1 aliphatic heterocycles. The van der Waals surface area contributed by atoms with E-state index in [1.54, 1.807) is 0 Å². The van der Waals surface area contributed by atoms with E-state index < -0.39 is 0 Å². The quantitative estimate of drug-likeness (QED) is 0.437. The highest BCUT2D eigenvalue weighted by molar-refractivity contribution is 7.80. The molecule has 156 valence electrons. The number of thiocarbonyl (C=S) groups is 1. The SMILES string of the molecule is C=C1NC(=S)N(c2ccc(CCC)cc2)C(=C)/C1=C/C1=CC=C(c2ccccc2N)C1. The zero-order chi connectivity index (χ0) is 22.0. The summed E-state index contributed by atoms with van der Waals surface area (Å²) < 4.78 is 0. The van der Waals surface area contributed by atoms with Gasteiger partial charge >= 0.3 is 0 Å². The van der Waals surface area contributed by atoms with Gasteiger partial charge in [-0.15, -0.1) is 0 Å². The summed E-state index contributed by atoms with van der Waals surface area (Å²) in [5, 5.41) is 3.83. The molecule has 0 atom stereocenters. The summed E-state index contributed by atoms with van der Waals surface area (Å²) >= 11 is 5.61. The van der Waals surface area contributed by atoms with Crippen LogP contribution in [0.3, 0.4) is 0 Å². The smallest absolute Gasteiger partial charge is 0.182 e. The molecule has 2 aromatic carbocycles. The molecule has 0 radical (unpaired) electrons. The summed E-state index contributed by atoms with van der Waals surface area (Å²) in [5.74, 6) is 0. The molecular weight excluding hydrogens is 398 g/mol. The van der Waals surface area contributed by atoms with Crippen molar-refractivity contribution in [2.24, 2.45) is 0 Å². The standard InChI is InChI=1S/C27H27N3S/c1-4-7-20-11-14-23(15-12-20)30-19(3)25(18(2)29-27(30)31)17-21-10-13-22(16-21)24-8-5-6-9-26(24)28/h5-6,8-15,17H,2-4,7,16,28H2,1H3,(H,29,31)/b25-17+. The summed E-state index contributed by atoms with van der Waals surface area (Å²) in [6, 6.07) is 16.5. The number of allylic oxidation sites excluding steroid dienone is 5. The third-order valence-electron chi connectivity index (χ3n) is 5.63. The molecule has 0 bridgehead atoms. The molecule has 0 unspecified atom stereocenters. The van der Waals surface area contributed by atoms with Gasteiger partial charge in [-0.2, -0.15) is 0 Å². The molecule has 1 aliphatic carbocycles. The maximum Gasteiger partial charge on any atom is 0.182 e. The van der Waals surface area contributed by atoms with Gasteiger partial charge in [-0.1, -0.05) is 69.0 Å². The Morgan fingerprint density at radius 1 is 1.10 bits per heavy atom. The number of para-hydroxylation sites is 1. The highest BCUT2D eigenvalue weighted by Crippen LogP contribution is 2.35. The molecule has 4 rings (SSSR count). The van der Waals surface area contributed by atoms with Crippen molar-refractivity contribution in [2.75, 3.05) is 10.6 Å². The van der Waals surface area contributed by atoms with Crippen LogP contribution in [-0.2, 0) is 6.42 Å². The Kier molecular flexibility index (Phi) is 5.92. The molecule has 4 heteroatoms. The van der Waals surface area contributed by atoms with Gasteiger partial charge in [0, 0.05) is 28.2 Å². The van der Waals surface area contributed by atoms with Gasteiger partial charge in [0.25, 0.3) is 0 Å². The Hall–Kier alpha value is -3.37. The average Bonchev–Trinajstić information content (AvgIpc) is 3.21. The predicted octanol–water partition coefficient (Wildman–Crippen LogP) is 6.28.